The Balaban J connectivity index is 2.94. The molecule has 19 heavy (non-hydrogen) atoms. The summed E-state index contributed by atoms with van der Waals surface area (Å²) in [4.78, 5) is 4.21. The molecule has 0 fully saturated rings. The zero-order valence-electron chi connectivity index (χ0n) is 11.8. The average molecular weight is 287 g/mol. The Hall–Kier alpha value is -1.28. The van der Waals surface area contributed by atoms with Crippen molar-refractivity contribution in [3.8, 4) is 0 Å². The second-order valence-corrected chi connectivity index (χ2v) is 6.35. The molecule has 7 nitrogen and oxygen atoms in total. The number of nitrogens with zero attached hydrogens (tertiary/aromatic N) is 3. The third-order valence-corrected chi connectivity index (χ3v) is 4.46. The fourth-order valence-corrected chi connectivity index (χ4v) is 2.53. The lowest BCUT2D eigenvalue weighted by molar-refractivity contribution is 0.583. The van der Waals surface area contributed by atoms with Crippen LogP contribution in [0.1, 0.15) is 32.2 Å². The summed E-state index contributed by atoms with van der Waals surface area (Å²) in [6, 6.07) is 0. The first kappa shape index (κ1) is 15.8. The topological polar surface area (TPSA) is 96.9 Å². The van der Waals surface area contributed by atoms with Crippen molar-refractivity contribution in [1.29, 1.82) is 0 Å². The number of hydrogen-bond acceptors (Lipinski definition) is 6. The van der Waals surface area contributed by atoms with Crippen LogP contribution in [0, 0.1) is 0 Å². The van der Waals surface area contributed by atoms with E-state index in [0.717, 1.165) is 17.8 Å². The number of aryl methyl sites for hydroxylation is 2. The maximum Gasteiger partial charge on any atom is 0.256 e. The first-order valence-electron chi connectivity index (χ1n) is 6.33. The summed E-state index contributed by atoms with van der Waals surface area (Å²) >= 11 is 0. The summed E-state index contributed by atoms with van der Waals surface area (Å²) < 4.78 is 26.3. The molecule has 1 aromatic rings. The van der Waals surface area contributed by atoms with Crippen molar-refractivity contribution in [3.63, 3.8) is 0 Å². The second-order valence-electron chi connectivity index (χ2n) is 4.25. The smallest absolute Gasteiger partial charge is 0.256 e. The number of anilines is 1. The highest BCUT2D eigenvalue weighted by Crippen LogP contribution is 2.10. The molecule has 0 aliphatic carbocycles. The molecular formula is C11H21N5O2S. The average Bonchev–Trinajstić information content (AvgIpc) is 2.38. The quantitative estimate of drug-likeness (QED) is 0.751. The lowest BCUT2D eigenvalue weighted by Gasteiger charge is -2.13. The van der Waals surface area contributed by atoms with E-state index in [1.54, 1.807) is 14.0 Å². The van der Waals surface area contributed by atoms with Crippen LogP contribution in [0.2, 0.25) is 0 Å². The summed E-state index contributed by atoms with van der Waals surface area (Å²) in [7, 11) is -1.79. The van der Waals surface area contributed by atoms with Crippen LogP contribution in [-0.2, 0) is 22.9 Å². The largest absolute Gasteiger partial charge is 0.318 e. The molecule has 0 spiro atoms. The van der Waals surface area contributed by atoms with E-state index in [9.17, 15) is 8.42 Å². The molecule has 0 aliphatic heterocycles. The van der Waals surface area contributed by atoms with E-state index in [0.29, 0.717) is 13.0 Å². The first-order valence-corrected chi connectivity index (χ1v) is 7.87. The minimum atomic E-state index is -3.50. The van der Waals surface area contributed by atoms with E-state index in [1.165, 1.54) is 0 Å². The molecule has 0 aromatic carbocycles. The van der Waals surface area contributed by atoms with E-state index in [1.807, 2.05) is 13.8 Å². The molecule has 0 bridgehead atoms. The Morgan fingerprint density at radius 1 is 1.16 bits per heavy atom. The highest BCUT2D eigenvalue weighted by Gasteiger charge is 2.21. The van der Waals surface area contributed by atoms with Crippen LogP contribution >= 0.6 is 0 Å². The predicted octanol–water partition coefficient (Wildman–Crippen LogP) is 0.346. The molecule has 0 amide bonds. The molecule has 1 rings (SSSR count). The van der Waals surface area contributed by atoms with Gasteiger partial charge < -0.3 is 5.32 Å². The summed E-state index contributed by atoms with van der Waals surface area (Å²) in [5.74, 6) is 0.0389. The molecule has 2 N–H and O–H groups in total. The third kappa shape index (κ3) is 4.10. The van der Waals surface area contributed by atoms with Crippen molar-refractivity contribution in [2.24, 2.45) is 0 Å². The highest BCUT2D eigenvalue weighted by molar-refractivity contribution is 7.93. The van der Waals surface area contributed by atoms with Gasteiger partial charge in [-0.1, -0.05) is 13.8 Å². The Bertz CT molecular complexity index is 518. The van der Waals surface area contributed by atoms with Crippen LogP contribution in [0.3, 0.4) is 0 Å². The van der Waals surface area contributed by atoms with Gasteiger partial charge >= 0.3 is 0 Å². The fourth-order valence-electron chi connectivity index (χ4n) is 1.61. The molecule has 8 heteroatoms. The van der Waals surface area contributed by atoms with Crippen molar-refractivity contribution in [2.45, 2.75) is 38.9 Å². The standard InChI is InChI=1S/C11H21N5O2S/c1-5-9-10(6-2)14-15-11(13-9)16-19(17,18)8(3)7-12-4/h8,12H,5-7H2,1-4H3,(H,13,15,16). The SMILES string of the molecule is CCc1nnc(NS(=O)(=O)C(C)CNC)nc1CC. The van der Waals surface area contributed by atoms with Crippen molar-refractivity contribution in [2.75, 3.05) is 18.3 Å². The van der Waals surface area contributed by atoms with Gasteiger partial charge in [-0.05, 0) is 26.8 Å². The van der Waals surface area contributed by atoms with Gasteiger partial charge in [0.1, 0.15) is 0 Å². The van der Waals surface area contributed by atoms with Crippen molar-refractivity contribution in [1.82, 2.24) is 20.5 Å². The van der Waals surface area contributed by atoms with Crippen LogP contribution in [0.15, 0.2) is 0 Å². The lowest BCUT2D eigenvalue weighted by Crippen LogP contribution is -2.34. The van der Waals surface area contributed by atoms with Crippen LogP contribution in [0.25, 0.3) is 0 Å². The second kappa shape index (κ2) is 6.76. The van der Waals surface area contributed by atoms with E-state index < -0.39 is 15.3 Å². The predicted molar refractivity (Wildman–Crippen MR) is 74.5 cm³/mol. The Labute approximate surface area is 114 Å². The molecule has 1 unspecified atom stereocenters. The van der Waals surface area contributed by atoms with E-state index in [2.05, 4.69) is 25.2 Å². The molecule has 0 saturated heterocycles. The summed E-state index contributed by atoms with van der Waals surface area (Å²) in [6.07, 6.45) is 1.42. The number of hydrogen-bond donors (Lipinski definition) is 2. The molecule has 0 radical (unpaired) electrons. The van der Waals surface area contributed by atoms with Gasteiger partial charge in [-0.15, -0.1) is 10.2 Å². The Kier molecular flexibility index (Phi) is 5.61. The minimum Gasteiger partial charge on any atom is -0.318 e. The lowest BCUT2D eigenvalue weighted by atomic mass is 10.2. The number of nitrogens with one attached hydrogen (secondary N) is 2. The molecule has 1 heterocycles. The van der Waals surface area contributed by atoms with E-state index in [4.69, 9.17) is 0 Å². The van der Waals surface area contributed by atoms with Crippen LogP contribution in [0.5, 0.6) is 0 Å². The van der Waals surface area contributed by atoms with Gasteiger partial charge in [0.15, 0.2) is 0 Å². The number of sulfonamides is 1. The van der Waals surface area contributed by atoms with E-state index in [-0.39, 0.29) is 5.95 Å². The van der Waals surface area contributed by atoms with Crippen LogP contribution in [-0.4, -0.2) is 42.4 Å². The van der Waals surface area contributed by atoms with Gasteiger partial charge in [0.05, 0.1) is 16.6 Å². The first-order chi connectivity index (χ1) is 8.94. The zero-order valence-corrected chi connectivity index (χ0v) is 12.6. The van der Waals surface area contributed by atoms with Gasteiger partial charge in [-0.2, -0.15) is 0 Å². The van der Waals surface area contributed by atoms with Gasteiger partial charge in [0.25, 0.3) is 5.95 Å². The molecule has 1 atom stereocenters. The maximum absolute atomic E-state index is 12.0. The minimum absolute atomic E-state index is 0.0389. The van der Waals surface area contributed by atoms with Crippen molar-refractivity contribution < 1.29 is 8.42 Å². The van der Waals surface area contributed by atoms with E-state index >= 15 is 0 Å². The Morgan fingerprint density at radius 2 is 1.79 bits per heavy atom. The Morgan fingerprint density at radius 3 is 2.32 bits per heavy atom. The summed E-state index contributed by atoms with van der Waals surface area (Å²) in [5.41, 5.74) is 1.57. The van der Waals surface area contributed by atoms with Crippen molar-refractivity contribution >= 4 is 16.0 Å². The highest BCUT2D eigenvalue weighted by atomic mass is 32.2. The maximum atomic E-state index is 12.0. The van der Waals surface area contributed by atoms with Gasteiger partial charge in [-0.3, -0.25) is 0 Å². The monoisotopic (exact) mass is 287 g/mol. The van der Waals surface area contributed by atoms with Crippen molar-refractivity contribution in [3.05, 3.63) is 11.4 Å². The summed E-state index contributed by atoms with van der Waals surface area (Å²) in [5, 5.41) is 10.1. The molecular weight excluding hydrogens is 266 g/mol. The molecule has 0 saturated carbocycles. The van der Waals surface area contributed by atoms with Gasteiger partial charge in [0, 0.05) is 6.54 Å². The zero-order chi connectivity index (χ0) is 14.5. The molecule has 108 valence electrons. The molecule has 1 aromatic heterocycles. The van der Waals surface area contributed by atoms with Gasteiger partial charge in [-0.25, -0.2) is 18.1 Å². The third-order valence-electron chi connectivity index (χ3n) is 2.76. The van der Waals surface area contributed by atoms with Crippen LogP contribution in [0.4, 0.5) is 5.95 Å². The normalized spacial score (nSPS) is 13.3. The molecule has 0 aliphatic rings. The summed E-state index contributed by atoms with van der Waals surface area (Å²) in [6.45, 7) is 5.89. The number of aromatic nitrogens is 3. The van der Waals surface area contributed by atoms with Crippen LogP contribution < -0.4 is 10.0 Å². The van der Waals surface area contributed by atoms with Gasteiger partial charge in [0.2, 0.25) is 10.0 Å². The number of rotatable bonds is 7. The fraction of sp³-hybridized carbons (Fsp3) is 0.727.